The summed E-state index contributed by atoms with van der Waals surface area (Å²) in [6.07, 6.45) is 1.90. The predicted molar refractivity (Wildman–Crippen MR) is 72.9 cm³/mol. The van der Waals surface area contributed by atoms with E-state index in [0.29, 0.717) is 32.3 Å². The first kappa shape index (κ1) is 17.6. The van der Waals surface area contributed by atoms with Crippen LogP contribution in [-0.4, -0.2) is 44.4 Å². The lowest BCUT2D eigenvalue weighted by molar-refractivity contribution is -0.133. The van der Waals surface area contributed by atoms with E-state index in [-0.39, 0.29) is 24.4 Å². The summed E-state index contributed by atoms with van der Waals surface area (Å²) in [5.74, 6) is 0.489. The summed E-state index contributed by atoms with van der Waals surface area (Å²) in [5, 5.41) is 2.94. The van der Waals surface area contributed by atoms with Gasteiger partial charge in [-0.15, -0.1) is 12.4 Å². The van der Waals surface area contributed by atoms with Crippen LogP contribution < -0.4 is 11.1 Å². The van der Waals surface area contributed by atoms with E-state index in [2.05, 4.69) is 5.32 Å². The molecule has 0 aromatic heterocycles. The summed E-state index contributed by atoms with van der Waals surface area (Å²) in [6.45, 7) is 5.82. The van der Waals surface area contributed by atoms with E-state index >= 15 is 0 Å². The molecule has 1 amide bonds. The molecule has 6 heteroatoms. The highest BCUT2D eigenvalue weighted by Gasteiger charge is 2.32. The molecule has 3 N–H and O–H groups in total. The fourth-order valence-corrected chi connectivity index (χ4v) is 1.67. The van der Waals surface area contributed by atoms with Crippen molar-refractivity contribution in [1.82, 2.24) is 5.32 Å². The average Bonchev–Trinajstić information content (AvgIpc) is 3.15. The number of rotatable bonds is 9. The van der Waals surface area contributed by atoms with Gasteiger partial charge in [-0.25, -0.2) is 0 Å². The number of nitrogens with one attached hydrogen (secondary N) is 1. The van der Waals surface area contributed by atoms with E-state index in [1.807, 2.05) is 6.92 Å². The van der Waals surface area contributed by atoms with E-state index < -0.39 is 6.10 Å². The Hall–Kier alpha value is -0.360. The Kier molecular flexibility index (Phi) is 9.36. The molecular formula is C12H25ClN2O3. The highest BCUT2D eigenvalue weighted by molar-refractivity contribution is 5.85. The number of carbonyl (C=O) groups is 1. The Bertz CT molecular complexity index is 237. The fourth-order valence-electron chi connectivity index (χ4n) is 1.67. The maximum absolute atomic E-state index is 11.8. The maximum atomic E-state index is 11.8. The van der Waals surface area contributed by atoms with Gasteiger partial charge in [-0.3, -0.25) is 4.79 Å². The van der Waals surface area contributed by atoms with Crippen LogP contribution in [0.2, 0.25) is 0 Å². The van der Waals surface area contributed by atoms with Crippen LogP contribution >= 0.6 is 12.4 Å². The van der Waals surface area contributed by atoms with Crippen LogP contribution in [0.4, 0.5) is 0 Å². The zero-order valence-corrected chi connectivity index (χ0v) is 12.0. The van der Waals surface area contributed by atoms with Gasteiger partial charge in [0, 0.05) is 19.2 Å². The smallest absolute Gasteiger partial charge is 0.249 e. The molecule has 0 radical (unpaired) electrons. The van der Waals surface area contributed by atoms with E-state index in [0.717, 1.165) is 0 Å². The van der Waals surface area contributed by atoms with E-state index in [9.17, 15) is 4.79 Å². The molecule has 2 atom stereocenters. The van der Waals surface area contributed by atoms with Crippen molar-refractivity contribution < 1.29 is 14.3 Å². The molecule has 1 rings (SSSR count). The van der Waals surface area contributed by atoms with Gasteiger partial charge in [0.1, 0.15) is 6.10 Å². The van der Waals surface area contributed by atoms with Crippen LogP contribution in [0, 0.1) is 5.92 Å². The highest BCUT2D eigenvalue weighted by Crippen LogP contribution is 2.32. The van der Waals surface area contributed by atoms with Crippen molar-refractivity contribution in [3.8, 4) is 0 Å². The lowest BCUT2D eigenvalue weighted by Crippen LogP contribution is -2.46. The molecule has 1 fully saturated rings. The van der Waals surface area contributed by atoms with Crippen LogP contribution in [0.3, 0.4) is 0 Å². The van der Waals surface area contributed by atoms with Gasteiger partial charge in [0.2, 0.25) is 5.91 Å². The first-order valence-corrected chi connectivity index (χ1v) is 6.38. The zero-order valence-electron chi connectivity index (χ0n) is 11.2. The van der Waals surface area contributed by atoms with Gasteiger partial charge in [-0.1, -0.05) is 0 Å². The number of hydrogen-bond donors (Lipinski definition) is 2. The molecule has 0 spiro atoms. The summed E-state index contributed by atoms with van der Waals surface area (Å²) in [7, 11) is 0. The molecule has 1 saturated carbocycles. The van der Waals surface area contributed by atoms with Crippen LogP contribution in [0.5, 0.6) is 0 Å². The molecule has 5 nitrogen and oxygen atoms in total. The fraction of sp³-hybridized carbons (Fsp3) is 0.917. The predicted octanol–water partition coefficient (Wildman–Crippen LogP) is 0.703. The van der Waals surface area contributed by atoms with Gasteiger partial charge >= 0.3 is 0 Å². The summed E-state index contributed by atoms with van der Waals surface area (Å²) in [4.78, 5) is 11.8. The highest BCUT2D eigenvalue weighted by atomic mass is 35.5. The Labute approximate surface area is 115 Å². The Morgan fingerprint density at radius 1 is 1.44 bits per heavy atom. The second-order valence-corrected chi connectivity index (χ2v) is 4.40. The molecule has 0 bridgehead atoms. The molecule has 108 valence electrons. The molecule has 0 aromatic carbocycles. The van der Waals surface area contributed by atoms with Gasteiger partial charge in [-0.2, -0.15) is 0 Å². The number of nitrogens with two attached hydrogens (primary N) is 1. The van der Waals surface area contributed by atoms with Gasteiger partial charge in [0.05, 0.1) is 13.2 Å². The van der Waals surface area contributed by atoms with Crippen LogP contribution in [0.15, 0.2) is 0 Å². The molecule has 18 heavy (non-hydrogen) atoms. The SMILES string of the molecule is CCOCCOC(C)C(=O)NC(CN)C1CC1.Cl. The quantitative estimate of drug-likeness (QED) is 0.610. The van der Waals surface area contributed by atoms with Gasteiger partial charge < -0.3 is 20.5 Å². The minimum Gasteiger partial charge on any atom is -0.379 e. The lowest BCUT2D eigenvalue weighted by Gasteiger charge is -2.19. The topological polar surface area (TPSA) is 73.6 Å². The van der Waals surface area contributed by atoms with E-state index in [1.54, 1.807) is 6.92 Å². The lowest BCUT2D eigenvalue weighted by atomic mass is 10.2. The summed E-state index contributed by atoms with van der Waals surface area (Å²) >= 11 is 0. The summed E-state index contributed by atoms with van der Waals surface area (Å²) in [6, 6.07) is 0.112. The number of amides is 1. The molecule has 0 heterocycles. The summed E-state index contributed by atoms with van der Waals surface area (Å²) < 4.78 is 10.5. The average molecular weight is 281 g/mol. The second kappa shape index (κ2) is 9.55. The Balaban J connectivity index is 0.00000289. The largest absolute Gasteiger partial charge is 0.379 e. The Morgan fingerprint density at radius 3 is 2.61 bits per heavy atom. The van der Waals surface area contributed by atoms with Crippen molar-refractivity contribution in [3.05, 3.63) is 0 Å². The number of hydrogen-bond acceptors (Lipinski definition) is 4. The van der Waals surface area contributed by atoms with Crippen molar-refractivity contribution in [1.29, 1.82) is 0 Å². The first-order valence-electron chi connectivity index (χ1n) is 6.38. The van der Waals surface area contributed by atoms with Gasteiger partial charge in [0.25, 0.3) is 0 Å². The number of ether oxygens (including phenoxy) is 2. The van der Waals surface area contributed by atoms with Crippen LogP contribution in [0.1, 0.15) is 26.7 Å². The molecule has 0 aliphatic heterocycles. The van der Waals surface area contributed by atoms with Crippen molar-refractivity contribution in [2.24, 2.45) is 11.7 Å². The third-order valence-electron chi connectivity index (χ3n) is 2.94. The minimum absolute atomic E-state index is 0. The standard InChI is InChI=1S/C12H24N2O3.ClH/c1-3-16-6-7-17-9(2)12(15)14-11(8-13)10-4-5-10;/h9-11H,3-8,13H2,1-2H3,(H,14,15);1H. The maximum Gasteiger partial charge on any atom is 0.249 e. The van der Waals surface area contributed by atoms with Gasteiger partial charge in [0.15, 0.2) is 0 Å². The van der Waals surface area contributed by atoms with Crippen LogP contribution in [-0.2, 0) is 14.3 Å². The third kappa shape index (κ3) is 6.54. The van der Waals surface area contributed by atoms with Crippen LogP contribution in [0.25, 0.3) is 0 Å². The Morgan fingerprint density at radius 2 is 2.11 bits per heavy atom. The van der Waals surface area contributed by atoms with Gasteiger partial charge in [-0.05, 0) is 32.6 Å². The van der Waals surface area contributed by atoms with E-state index in [1.165, 1.54) is 12.8 Å². The molecule has 1 aliphatic carbocycles. The first-order chi connectivity index (χ1) is 8.19. The minimum atomic E-state index is -0.441. The normalized spacial score (nSPS) is 17.7. The zero-order chi connectivity index (χ0) is 12.7. The second-order valence-electron chi connectivity index (χ2n) is 4.40. The molecule has 2 unspecified atom stereocenters. The van der Waals surface area contributed by atoms with Crippen molar-refractivity contribution in [2.45, 2.75) is 38.8 Å². The molecule has 0 saturated heterocycles. The molecule has 1 aliphatic rings. The number of carbonyl (C=O) groups excluding carboxylic acids is 1. The monoisotopic (exact) mass is 280 g/mol. The number of halogens is 1. The molecular weight excluding hydrogens is 256 g/mol. The van der Waals surface area contributed by atoms with E-state index in [4.69, 9.17) is 15.2 Å². The summed E-state index contributed by atoms with van der Waals surface area (Å²) in [5.41, 5.74) is 5.63. The van der Waals surface area contributed by atoms with Crippen molar-refractivity contribution in [3.63, 3.8) is 0 Å². The molecule has 0 aromatic rings. The van der Waals surface area contributed by atoms with Crippen molar-refractivity contribution in [2.75, 3.05) is 26.4 Å². The third-order valence-corrected chi connectivity index (χ3v) is 2.94. The van der Waals surface area contributed by atoms with Crippen molar-refractivity contribution >= 4 is 18.3 Å².